The molecule has 1 aliphatic rings. The van der Waals surface area contributed by atoms with E-state index < -0.39 is 0 Å². The summed E-state index contributed by atoms with van der Waals surface area (Å²) in [5.74, 6) is 0. The van der Waals surface area contributed by atoms with Crippen LogP contribution in [0.5, 0.6) is 0 Å². The lowest BCUT2D eigenvalue weighted by atomic mass is 10.2. The summed E-state index contributed by atoms with van der Waals surface area (Å²) in [4.78, 5) is 23.5. The highest BCUT2D eigenvalue weighted by Crippen LogP contribution is 2.25. The third kappa shape index (κ3) is 2.65. The number of amides is 2. The molecule has 4 rings (SSSR count). The van der Waals surface area contributed by atoms with E-state index in [9.17, 15) is 4.79 Å². The van der Waals surface area contributed by atoms with Gasteiger partial charge in [-0.1, -0.05) is 6.58 Å². The van der Waals surface area contributed by atoms with Gasteiger partial charge in [0.1, 0.15) is 17.5 Å². The van der Waals surface area contributed by atoms with Crippen LogP contribution in [0.4, 0.5) is 4.79 Å². The van der Waals surface area contributed by atoms with Crippen molar-refractivity contribution < 1.29 is 4.79 Å². The molecule has 0 unspecified atom stereocenters. The van der Waals surface area contributed by atoms with Gasteiger partial charge in [0, 0.05) is 36.3 Å². The first-order valence-corrected chi connectivity index (χ1v) is 7.74. The van der Waals surface area contributed by atoms with E-state index in [2.05, 4.69) is 32.2 Å². The van der Waals surface area contributed by atoms with Crippen molar-refractivity contribution in [1.82, 2.24) is 30.2 Å². The maximum atomic E-state index is 11.6. The smallest absolute Gasteiger partial charge is 0.315 e. The van der Waals surface area contributed by atoms with Crippen molar-refractivity contribution in [3.05, 3.63) is 31.4 Å². The van der Waals surface area contributed by atoms with Crippen LogP contribution < -0.4 is 10.6 Å². The zero-order valence-electron chi connectivity index (χ0n) is 12.7. The summed E-state index contributed by atoms with van der Waals surface area (Å²) in [6.07, 6.45) is 8.19. The average molecular weight is 310 g/mol. The molecule has 3 N–H and O–H groups in total. The molecule has 1 saturated carbocycles. The molecule has 0 aliphatic heterocycles. The number of hydrogen-bond acceptors (Lipinski definition) is 3. The number of H-pyrrole nitrogens is 1. The second kappa shape index (κ2) is 5.42. The molecule has 0 aromatic carbocycles. The molecule has 1 aliphatic carbocycles. The number of pyridine rings is 1. The van der Waals surface area contributed by atoms with E-state index >= 15 is 0 Å². The molecular weight excluding hydrogens is 292 g/mol. The number of carbonyl (C=O) groups is 1. The number of aromatic nitrogens is 4. The van der Waals surface area contributed by atoms with Crippen LogP contribution in [-0.2, 0) is 0 Å². The first kappa shape index (κ1) is 13.8. The quantitative estimate of drug-likeness (QED) is 0.675. The third-order valence-corrected chi connectivity index (χ3v) is 4.04. The van der Waals surface area contributed by atoms with Gasteiger partial charge in [0.25, 0.3) is 0 Å². The molecule has 23 heavy (non-hydrogen) atoms. The number of carbonyl (C=O) groups excluding carboxylic acids is 1. The molecule has 3 aromatic rings. The molecule has 7 heteroatoms. The van der Waals surface area contributed by atoms with Gasteiger partial charge in [-0.05, 0) is 18.9 Å². The number of nitrogens with one attached hydrogen (secondary N) is 3. The molecular formula is C16H18N6O. The standard InChI is InChI=1S/C16H18N6O/c1-10(4-6-18-16(23)21-11-2-3-11)22-9-20-13-8-19-15-12(14(13)22)5-7-17-15/h5,7-9,11H,1-4,6H2,(H,17,19)(H2,18,21,23). The van der Waals surface area contributed by atoms with E-state index in [1.807, 2.05) is 16.8 Å². The summed E-state index contributed by atoms with van der Waals surface area (Å²) in [6, 6.07) is 2.25. The number of aromatic amines is 1. The van der Waals surface area contributed by atoms with Gasteiger partial charge in [-0.15, -0.1) is 0 Å². The van der Waals surface area contributed by atoms with Gasteiger partial charge in [-0.2, -0.15) is 0 Å². The van der Waals surface area contributed by atoms with E-state index in [1.165, 1.54) is 0 Å². The minimum Gasteiger partial charge on any atom is -0.346 e. The number of fused-ring (bicyclic) bond motifs is 3. The first-order chi connectivity index (χ1) is 11.2. The van der Waals surface area contributed by atoms with Gasteiger partial charge in [0.2, 0.25) is 0 Å². The molecule has 0 saturated heterocycles. The fourth-order valence-electron chi connectivity index (χ4n) is 2.65. The number of hydrogen-bond donors (Lipinski definition) is 3. The van der Waals surface area contributed by atoms with Crippen LogP contribution >= 0.6 is 0 Å². The molecule has 3 aromatic heterocycles. The summed E-state index contributed by atoms with van der Waals surface area (Å²) in [7, 11) is 0. The van der Waals surface area contributed by atoms with Gasteiger partial charge in [-0.3, -0.25) is 0 Å². The predicted octanol–water partition coefficient (Wildman–Crippen LogP) is 2.23. The highest BCUT2D eigenvalue weighted by molar-refractivity contribution is 6.02. The summed E-state index contributed by atoms with van der Waals surface area (Å²) < 4.78 is 1.97. The van der Waals surface area contributed by atoms with Gasteiger partial charge >= 0.3 is 6.03 Å². The van der Waals surface area contributed by atoms with Crippen molar-refractivity contribution in [3.8, 4) is 0 Å². The van der Waals surface area contributed by atoms with Crippen LogP contribution in [0.2, 0.25) is 0 Å². The van der Waals surface area contributed by atoms with Crippen LogP contribution in [0.25, 0.3) is 27.8 Å². The van der Waals surface area contributed by atoms with Crippen molar-refractivity contribution in [2.24, 2.45) is 0 Å². The van der Waals surface area contributed by atoms with Crippen molar-refractivity contribution in [2.45, 2.75) is 25.3 Å². The Bertz CT molecular complexity index is 888. The van der Waals surface area contributed by atoms with Gasteiger partial charge in [0.05, 0.1) is 11.7 Å². The fourth-order valence-corrected chi connectivity index (χ4v) is 2.65. The van der Waals surface area contributed by atoms with Crippen LogP contribution in [0, 0.1) is 0 Å². The molecule has 1 fully saturated rings. The molecule has 0 radical (unpaired) electrons. The average Bonchev–Trinajstić information content (AvgIpc) is 3.06. The number of urea groups is 1. The highest BCUT2D eigenvalue weighted by atomic mass is 16.2. The number of nitrogens with zero attached hydrogens (tertiary/aromatic N) is 3. The lowest BCUT2D eigenvalue weighted by Crippen LogP contribution is -2.37. The monoisotopic (exact) mass is 310 g/mol. The molecule has 0 bridgehead atoms. The molecule has 0 spiro atoms. The van der Waals surface area contributed by atoms with Crippen LogP contribution in [0.1, 0.15) is 19.3 Å². The van der Waals surface area contributed by atoms with Gasteiger partial charge in [-0.25, -0.2) is 14.8 Å². The van der Waals surface area contributed by atoms with E-state index in [0.717, 1.165) is 40.6 Å². The molecule has 118 valence electrons. The Morgan fingerprint density at radius 1 is 1.43 bits per heavy atom. The Morgan fingerprint density at radius 2 is 2.30 bits per heavy atom. The zero-order chi connectivity index (χ0) is 15.8. The van der Waals surface area contributed by atoms with E-state index in [-0.39, 0.29) is 6.03 Å². The molecule has 2 amide bonds. The largest absolute Gasteiger partial charge is 0.346 e. The molecule has 7 nitrogen and oxygen atoms in total. The predicted molar refractivity (Wildman–Crippen MR) is 88.9 cm³/mol. The number of rotatable bonds is 5. The Morgan fingerprint density at radius 3 is 3.13 bits per heavy atom. The van der Waals surface area contributed by atoms with Crippen molar-refractivity contribution in [2.75, 3.05) is 6.54 Å². The maximum Gasteiger partial charge on any atom is 0.315 e. The minimum atomic E-state index is -0.104. The third-order valence-electron chi connectivity index (χ3n) is 4.04. The van der Waals surface area contributed by atoms with E-state index in [0.29, 0.717) is 19.0 Å². The Balaban J connectivity index is 1.48. The van der Waals surface area contributed by atoms with Gasteiger partial charge < -0.3 is 20.2 Å². The van der Waals surface area contributed by atoms with E-state index in [4.69, 9.17) is 0 Å². The van der Waals surface area contributed by atoms with Crippen molar-refractivity contribution >= 4 is 33.8 Å². The zero-order valence-corrected chi connectivity index (χ0v) is 12.7. The molecule has 3 heterocycles. The lowest BCUT2D eigenvalue weighted by Gasteiger charge is -2.10. The van der Waals surface area contributed by atoms with Crippen LogP contribution in [-0.4, -0.2) is 38.1 Å². The SMILES string of the molecule is C=C(CCNC(=O)NC1CC1)n1cnc2cnc3[nH]ccc3c21. The molecule has 0 atom stereocenters. The minimum absolute atomic E-state index is 0.104. The van der Waals surface area contributed by atoms with Crippen LogP contribution in [0.15, 0.2) is 31.4 Å². The first-order valence-electron chi connectivity index (χ1n) is 7.74. The highest BCUT2D eigenvalue weighted by Gasteiger charge is 2.22. The lowest BCUT2D eigenvalue weighted by molar-refractivity contribution is 0.240. The normalized spacial score (nSPS) is 14.3. The topological polar surface area (TPSA) is 87.6 Å². The maximum absolute atomic E-state index is 11.6. The second-order valence-electron chi connectivity index (χ2n) is 5.84. The Kier molecular flexibility index (Phi) is 3.25. The van der Waals surface area contributed by atoms with Crippen molar-refractivity contribution in [1.29, 1.82) is 0 Å². The summed E-state index contributed by atoms with van der Waals surface area (Å²) in [5, 5.41) is 6.78. The summed E-state index contributed by atoms with van der Waals surface area (Å²) >= 11 is 0. The summed E-state index contributed by atoms with van der Waals surface area (Å²) in [6.45, 7) is 4.67. The Labute approximate surface area is 132 Å². The number of imidazole rings is 1. The Hall–Kier alpha value is -2.83. The summed E-state index contributed by atoms with van der Waals surface area (Å²) in [5.41, 5.74) is 3.53. The van der Waals surface area contributed by atoms with Crippen molar-refractivity contribution in [3.63, 3.8) is 0 Å². The van der Waals surface area contributed by atoms with E-state index in [1.54, 1.807) is 12.5 Å². The van der Waals surface area contributed by atoms with Gasteiger partial charge in [0.15, 0.2) is 0 Å². The van der Waals surface area contributed by atoms with Crippen LogP contribution in [0.3, 0.4) is 0 Å². The second-order valence-corrected chi connectivity index (χ2v) is 5.84. The fraction of sp³-hybridized carbons (Fsp3) is 0.312.